The molecule has 9 nitrogen and oxygen atoms in total. The van der Waals surface area contributed by atoms with Crippen molar-refractivity contribution in [3.8, 4) is 0 Å². The number of aryl methyl sites for hydroxylation is 2. The molecule has 0 saturated carbocycles. The Morgan fingerprint density at radius 2 is 2.31 bits per heavy atom. The van der Waals surface area contributed by atoms with E-state index in [0.717, 1.165) is 37.2 Å². The smallest absolute Gasteiger partial charge is 0.227 e. The van der Waals surface area contributed by atoms with Crippen LogP contribution in [0.1, 0.15) is 29.9 Å². The van der Waals surface area contributed by atoms with Gasteiger partial charge in [-0.15, -0.1) is 0 Å². The molecule has 29 heavy (non-hydrogen) atoms. The van der Waals surface area contributed by atoms with E-state index < -0.39 is 0 Å². The van der Waals surface area contributed by atoms with Gasteiger partial charge in [0.15, 0.2) is 0 Å². The Hall–Kier alpha value is -2.68. The minimum Gasteiger partial charge on any atom is -0.384 e. The lowest BCUT2D eigenvalue weighted by Crippen LogP contribution is -2.42. The van der Waals surface area contributed by atoms with E-state index in [9.17, 15) is 4.79 Å². The first kappa shape index (κ1) is 18.4. The van der Waals surface area contributed by atoms with Gasteiger partial charge >= 0.3 is 0 Å². The van der Waals surface area contributed by atoms with E-state index in [4.69, 9.17) is 15.0 Å². The van der Waals surface area contributed by atoms with Crippen LogP contribution in [0.4, 0.5) is 11.8 Å². The number of hydrogen-bond acceptors (Lipinski definition) is 8. The van der Waals surface area contributed by atoms with Crippen LogP contribution in [0.3, 0.4) is 0 Å². The molecule has 9 heteroatoms. The van der Waals surface area contributed by atoms with E-state index in [1.165, 1.54) is 0 Å². The van der Waals surface area contributed by atoms with Gasteiger partial charge < -0.3 is 25.2 Å². The van der Waals surface area contributed by atoms with Gasteiger partial charge in [-0.1, -0.05) is 5.16 Å². The molecule has 1 amide bonds. The molecule has 3 N–H and O–H groups in total. The van der Waals surface area contributed by atoms with Crippen LogP contribution in [0.5, 0.6) is 0 Å². The van der Waals surface area contributed by atoms with Gasteiger partial charge in [-0.3, -0.25) is 4.79 Å². The van der Waals surface area contributed by atoms with Gasteiger partial charge in [0.25, 0.3) is 0 Å². The average molecular weight is 398 g/mol. The fourth-order valence-corrected chi connectivity index (χ4v) is 5.34. The second-order valence-corrected chi connectivity index (χ2v) is 8.48. The first-order valence-corrected chi connectivity index (χ1v) is 10.1. The number of rotatable bonds is 5. The summed E-state index contributed by atoms with van der Waals surface area (Å²) in [5, 5.41) is 7.04. The number of anilines is 2. The summed E-state index contributed by atoms with van der Waals surface area (Å²) in [5.74, 6) is 2.47. The number of nitrogens with two attached hydrogens (primary N) is 1. The maximum absolute atomic E-state index is 12.5. The number of aromatic nitrogens is 3. The highest BCUT2D eigenvalue weighted by Gasteiger charge is 2.63. The maximum atomic E-state index is 12.5. The molecule has 1 spiro atoms. The van der Waals surface area contributed by atoms with Gasteiger partial charge in [0.1, 0.15) is 11.6 Å². The normalized spacial score (nSPS) is 30.0. The van der Waals surface area contributed by atoms with Gasteiger partial charge in [-0.2, -0.15) is 4.98 Å². The number of ether oxygens (including phenoxy) is 1. The second-order valence-electron chi connectivity index (χ2n) is 8.48. The molecule has 4 atom stereocenters. The summed E-state index contributed by atoms with van der Waals surface area (Å²) in [4.78, 5) is 23.4. The van der Waals surface area contributed by atoms with Gasteiger partial charge in [0, 0.05) is 36.7 Å². The second kappa shape index (κ2) is 6.69. The Morgan fingerprint density at radius 1 is 1.45 bits per heavy atom. The van der Waals surface area contributed by atoms with E-state index in [0.29, 0.717) is 42.3 Å². The van der Waals surface area contributed by atoms with E-state index in [1.54, 1.807) is 12.3 Å². The van der Waals surface area contributed by atoms with Gasteiger partial charge in [0.05, 0.1) is 30.4 Å². The van der Waals surface area contributed by atoms with Crippen LogP contribution in [0.2, 0.25) is 0 Å². The summed E-state index contributed by atoms with van der Waals surface area (Å²) >= 11 is 0. The summed E-state index contributed by atoms with van der Waals surface area (Å²) in [7, 11) is 0. The molecule has 0 unspecified atom stereocenters. The minimum absolute atomic E-state index is 0.00903. The largest absolute Gasteiger partial charge is 0.384 e. The molecule has 3 saturated heterocycles. The van der Waals surface area contributed by atoms with Crippen molar-refractivity contribution in [2.75, 3.05) is 30.3 Å². The molecule has 3 aliphatic heterocycles. The Bertz CT molecular complexity index is 927. The van der Waals surface area contributed by atoms with Crippen molar-refractivity contribution >= 4 is 17.7 Å². The Labute approximate surface area is 169 Å². The number of hydrogen-bond donors (Lipinski definition) is 2. The van der Waals surface area contributed by atoms with Gasteiger partial charge in [-0.25, -0.2) is 4.98 Å². The van der Waals surface area contributed by atoms with Crippen LogP contribution in [0, 0.1) is 25.7 Å². The van der Waals surface area contributed by atoms with Crippen molar-refractivity contribution in [3.63, 3.8) is 0 Å². The van der Waals surface area contributed by atoms with Crippen LogP contribution < -0.4 is 16.0 Å². The van der Waals surface area contributed by atoms with Crippen LogP contribution >= 0.6 is 0 Å². The quantitative estimate of drug-likeness (QED) is 0.766. The van der Waals surface area contributed by atoms with Crippen molar-refractivity contribution in [1.29, 1.82) is 0 Å². The molecule has 2 aromatic heterocycles. The van der Waals surface area contributed by atoms with E-state index in [-0.39, 0.29) is 17.6 Å². The minimum atomic E-state index is -0.157. The van der Waals surface area contributed by atoms with Crippen LogP contribution in [0.25, 0.3) is 0 Å². The zero-order valence-electron chi connectivity index (χ0n) is 16.7. The number of nitrogens with one attached hydrogen (secondary N) is 1. The summed E-state index contributed by atoms with van der Waals surface area (Å²) in [6.45, 7) is 5.91. The number of carbonyl (C=O) groups excluding carboxylic acids is 1. The Balaban J connectivity index is 1.25. The molecular weight excluding hydrogens is 372 g/mol. The van der Waals surface area contributed by atoms with E-state index >= 15 is 0 Å². The molecule has 2 bridgehead atoms. The SMILES string of the molecule is Cc1noc(C)c1CC(=O)NC[C@H]1[C@H]2CN(c3nccc(N)n3)C[C@]23CC[C@H]1O3. The van der Waals surface area contributed by atoms with Crippen LogP contribution in [-0.4, -0.2) is 52.4 Å². The first-order chi connectivity index (χ1) is 13.9. The van der Waals surface area contributed by atoms with Gasteiger partial charge in [-0.05, 0) is 32.8 Å². The molecule has 5 rings (SSSR count). The predicted molar refractivity (Wildman–Crippen MR) is 105 cm³/mol. The van der Waals surface area contributed by atoms with E-state index in [1.807, 2.05) is 13.8 Å². The van der Waals surface area contributed by atoms with E-state index in [2.05, 4.69) is 25.3 Å². The van der Waals surface area contributed by atoms with Crippen molar-refractivity contribution in [1.82, 2.24) is 20.4 Å². The molecule has 0 radical (unpaired) electrons. The molecule has 5 heterocycles. The zero-order chi connectivity index (χ0) is 20.2. The third-order valence-electron chi connectivity index (χ3n) is 6.78. The lowest BCUT2D eigenvalue weighted by Gasteiger charge is -2.29. The monoisotopic (exact) mass is 398 g/mol. The number of fused-ring (bicyclic) bond motifs is 1. The molecule has 0 aromatic carbocycles. The number of nitrogen functional groups attached to an aromatic ring is 1. The summed E-state index contributed by atoms with van der Waals surface area (Å²) in [5.41, 5.74) is 7.32. The molecule has 0 aliphatic carbocycles. The highest BCUT2D eigenvalue weighted by molar-refractivity contribution is 5.79. The highest BCUT2D eigenvalue weighted by Crippen LogP contribution is 2.54. The number of carbonyl (C=O) groups is 1. The highest BCUT2D eigenvalue weighted by atomic mass is 16.5. The molecular formula is C20H26N6O3. The van der Waals surface area contributed by atoms with Crippen molar-refractivity contribution < 1.29 is 14.1 Å². The predicted octanol–water partition coefficient (Wildman–Crippen LogP) is 1.01. The van der Waals surface area contributed by atoms with Crippen molar-refractivity contribution in [2.24, 2.45) is 11.8 Å². The van der Waals surface area contributed by atoms with Crippen LogP contribution in [0.15, 0.2) is 16.8 Å². The van der Waals surface area contributed by atoms with Crippen molar-refractivity contribution in [3.05, 3.63) is 29.3 Å². The topological polar surface area (TPSA) is 119 Å². The lowest BCUT2D eigenvalue weighted by molar-refractivity contribution is -0.120. The lowest BCUT2D eigenvalue weighted by atomic mass is 9.73. The van der Waals surface area contributed by atoms with Crippen molar-refractivity contribution in [2.45, 2.75) is 44.8 Å². The zero-order valence-corrected chi connectivity index (χ0v) is 16.7. The molecule has 2 aromatic rings. The number of amides is 1. The summed E-state index contributed by atoms with van der Waals surface area (Å²) in [6.07, 6.45) is 4.27. The average Bonchev–Trinajstić information content (AvgIpc) is 3.43. The van der Waals surface area contributed by atoms with Crippen LogP contribution in [-0.2, 0) is 16.0 Å². The Morgan fingerprint density at radius 3 is 3.07 bits per heavy atom. The maximum Gasteiger partial charge on any atom is 0.227 e. The molecule has 3 fully saturated rings. The van der Waals surface area contributed by atoms with Gasteiger partial charge in [0.2, 0.25) is 11.9 Å². The first-order valence-electron chi connectivity index (χ1n) is 10.1. The standard InChI is InChI=1S/C20H26N6O3/c1-11-13(12(2)29-25-11)7-18(27)23-8-14-15-9-26(19-22-6-4-17(21)24-19)10-20(15)5-3-16(14)28-20/h4,6,14-16H,3,5,7-10H2,1-2H3,(H,23,27)(H2,21,22,24)/t14-,15+,16+,20+/m0/s1. The third kappa shape index (κ3) is 3.04. The fourth-order valence-electron chi connectivity index (χ4n) is 5.34. The Kier molecular flexibility index (Phi) is 4.23. The molecule has 154 valence electrons. The summed E-state index contributed by atoms with van der Waals surface area (Å²) in [6, 6.07) is 1.69. The number of nitrogens with zero attached hydrogens (tertiary/aromatic N) is 4. The third-order valence-corrected chi connectivity index (χ3v) is 6.78. The molecule has 3 aliphatic rings. The fraction of sp³-hybridized carbons (Fsp3) is 0.600. The summed E-state index contributed by atoms with van der Waals surface area (Å²) < 4.78 is 11.6.